The maximum Gasteiger partial charge on any atom is 0.323 e. The van der Waals surface area contributed by atoms with Gasteiger partial charge in [-0.2, -0.15) is 0 Å². The number of hydrogen-bond acceptors (Lipinski definition) is 3. The molecule has 0 saturated carbocycles. The standard InChI is InChI=1S/C12H25NO3/c1-6-10(9(2)3)13-12(4,11(14)15)7-8-16-5/h9-10,13H,6-8H2,1-5H3,(H,14,15). The Labute approximate surface area is 98.4 Å². The van der Waals surface area contributed by atoms with Crippen molar-refractivity contribution in [2.24, 2.45) is 5.92 Å². The molecule has 0 spiro atoms. The van der Waals surface area contributed by atoms with E-state index in [1.807, 2.05) is 0 Å². The molecule has 0 amide bonds. The Morgan fingerprint density at radius 1 is 1.50 bits per heavy atom. The zero-order valence-corrected chi connectivity index (χ0v) is 11.0. The maximum absolute atomic E-state index is 11.3. The lowest BCUT2D eigenvalue weighted by Gasteiger charge is -2.33. The van der Waals surface area contributed by atoms with Crippen molar-refractivity contribution in [3.63, 3.8) is 0 Å². The lowest BCUT2D eigenvalue weighted by Crippen LogP contribution is -2.55. The van der Waals surface area contributed by atoms with Crippen LogP contribution in [0.15, 0.2) is 0 Å². The highest BCUT2D eigenvalue weighted by Crippen LogP contribution is 2.16. The molecule has 0 rings (SSSR count). The van der Waals surface area contributed by atoms with Crippen LogP contribution in [0.2, 0.25) is 0 Å². The fourth-order valence-corrected chi connectivity index (χ4v) is 1.70. The van der Waals surface area contributed by atoms with Crippen LogP contribution in [0.25, 0.3) is 0 Å². The van der Waals surface area contributed by atoms with Crippen molar-refractivity contribution < 1.29 is 14.6 Å². The van der Waals surface area contributed by atoms with Gasteiger partial charge in [0.1, 0.15) is 5.54 Å². The summed E-state index contributed by atoms with van der Waals surface area (Å²) in [4.78, 5) is 11.3. The number of carboxylic acid groups (broad SMARTS) is 1. The smallest absolute Gasteiger partial charge is 0.323 e. The van der Waals surface area contributed by atoms with Crippen molar-refractivity contribution in [2.45, 2.75) is 52.1 Å². The Kier molecular flexibility index (Phi) is 6.60. The van der Waals surface area contributed by atoms with Crippen molar-refractivity contribution in [1.29, 1.82) is 0 Å². The topological polar surface area (TPSA) is 58.6 Å². The molecule has 0 radical (unpaired) electrons. The van der Waals surface area contributed by atoms with Crippen molar-refractivity contribution in [1.82, 2.24) is 5.32 Å². The van der Waals surface area contributed by atoms with Gasteiger partial charge in [-0.05, 0) is 25.7 Å². The highest BCUT2D eigenvalue weighted by molar-refractivity contribution is 5.78. The molecule has 2 N–H and O–H groups in total. The van der Waals surface area contributed by atoms with Gasteiger partial charge < -0.3 is 9.84 Å². The summed E-state index contributed by atoms with van der Waals surface area (Å²) in [6.07, 6.45) is 1.40. The minimum absolute atomic E-state index is 0.220. The van der Waals surface area contributed by atoms with Gasteiger partial charge in [0.15, 0.2) is 0 Å². The SMILES string of the molecule is CCC(NC(C)(CCOC)C(=O)O)C(C)C. The van der Waals surface area contributed by atoms with Gasteiger partial charge in [-0.15, -0.1) is 0 Å². The summed E-state index contributed by atoms with van der Waals surface area (Å²) >= 11 is 0. The zero-order valence-electron chi connectivity index (χ0n) is 11.0. The van der Waals surface area contributed by atoms with Crippen molar-refractivity contribution in [3.05, 3.63) is 0 Å². The highest BCUT2D eigenvalue weighted by Gasteiger charge is 2.34. The number of carboxylic acids is 1. The summed E-state index contributed by atoms with van der Waals surface area (Å²) in [7, 11) is 1.59. The largest absolute Gasteiger partial charge is 0.480 e. The van der Waals surface area contributed by atoms with E-state index in [9.17, 15) is 9.90 Å². The predicted molar refractivity (Wildman–Crippen MR) is 64.6 cm³/mol. The van der Waals surface area contributed by atoms with Crippen LogP contribution in [-0.4, -0.2) is 36.4 Å². The van der Waals surface area contributed by atoms with Crippen LogP contribution >= 0.6 is 0 Å². The van der Waals surface area contributed by atoms with Crippen LogP contribution in [0.4, 0.5) is 0 Å². The van der Waals surface area contributed by atoms with E-state index in [1.165, 1.54) is 0 Å². The van der Waals surface area contributed by atoms with Gasteiger partial charge in [0, 0.05) is 19.8 Å². The summed E-state index contributed by atoms with van der Waals surface area (Å²) in [6, 6.07) is 0.220. The second-order valence-corrected chi connectivity index (χ2v) is 4.78. The first-order valence-electron chi connectivity index (χ1n) is 5.87. The van der Waals surface area contributed by atoms with Crippen LogP contribution in [0.3, 0.4) is 0 Å². The average molecular weight is 231 g/mol. The molecular weight excluding hydrogens is 206 g/mol. The number of aliphatic carboxylic acids is 1. The van der Waals surface area contributed by atoms with E-state index in [4.69, 9.17) is 4.74 Å². The number of carbonyl (C=O) groups is 1. The molecule has 0 fully saturated rings. The molecule has 0 aliphatic rings. The van der Waals surface area contributed by atoms with Gasteiger partial charge in [-0.1, -0.05) is 20.8 Å². The molecule has 0 aromatic rings. The minimum Gasteiger partial charge on any atom is -0.480 e. The third-order valence-electron chi connectivity index (χ3n) is 3.03. The summed E-state index contributed by atoms with van der Waals surface area (Å²) < 4.78 is 4.96. The Balaban J connectivity index is 4.58. The van der Waals surface area contributed by atoms with E-state index in [0.717, 1.165) is 6.42 Å². The normalized spacial score (nSPS) is 17.1. The Morgan fingerprint density at radius 2 is 2.06 bits per heavy atom. The van der Waals surface area contributed by atoms with Gasteiger partial charge in [0.2, 0.25) is 0 Å². The van der Waals surface area contributed by atoms with Crippen LogP contribution in [-0.2, 0) is 9.53 Å². The Morgan fingerprint density at radius 3 is 2.38 bits per heavy atom. The molecular formula is C12H25NO3. The van der Waals surface area contributed by atoms with Crippen molar-refractivity contribution in [3.8, 4) is 0 Å². The van der Waals surface area contributed by atoms with Gasteiger partial charge in [-0.25, -0.2) is 0 Å². The number of rotatable bonds is 8. The maximum atomic E-state index is 11.3. The van der Waals surface area contributed by atoms with Crippen LogP contribution in [0.5, 0.6) is 0 Å². The summed E-state index contributed by atoms with van der Waals surface area (Å²) in [5.41, 5.74) is -0.902. The lowest BCUT2D eigenvalue weighted by molar-refractivity contribution is -0.145. The molecule has 2 unspecified atom stereocenters. The molecule has 4 nitrogen and oxygen atoms in total. The molecule has 0 aromatic heterocycles. The van der Waals surface area contributed by atoms with Gasteiger partial charge >= 0.3 is 5.97 Å². The van der Waals surface area contributed by atoms with Crippen LogP contribution in [0, 0.1) is 5.92 Å². The molecule has 0 aliphatic heterocycles. The molecule has 0 aromatic carbocycles. The van der Waals surface area contributed by atoms with E-state index in [2.05, 4.69) is 26.1 Å². The first kappa shape index (κ1) is 15.4. The van der Waals surface area contributed by atoms with E-state index < -0.39 is 11.5 Å². The van der Waals surface area contributed by atoms with Crippen molar-refractivity contribution >= 4 is 5.97 Å². The summed E-state index contributed by atoms with van der Waals surface area (Å²) in [5, 5.41) is 12.5. The van der Waals surface area contributed by atoms with Gasteiger partial charge in [-0.3, -0.25) is 10.1 Å². The average Bonchev–Trinajstić information content (AvgIpc) is 2.22. The number of hydrogen-bond donors (Lipinski definition) is 2. The van der Waals surface area contributed by atoms with Crippen LogP contribution < -0.4 is 5.32 Å². The Bertz CT molecular complexity index is 218. The first-order chi connectivity index (χ1) is 7.37. The predicted octanol–water partition coefficient (Wildman–Crippen LogP) is 1.89. The fourth-order valence-electron chi connectivity index (χ4n) is 1.70. The monoisotopic (exact) mass is 231 g/mol. The highest BCUT2D eigenvalue weighted by atomic mass is 16.5. The molecule has 2 atom stereocenters. The number of nitrogens with one attached hydrogen (secondary N) is 1. The van der Waals surface area contributed by atoms with E-state index in [0.29, 0.717) is 18.9 Å². The second-order valence-electron chi connectivity index (χ2n) is 4.78. The summed E-state index contributed by atoms with van der Waals surface area (Å²) in [5.74, 6) is -0.394. The molecule has 0 bridgehead atoms. The molecule has 96 valence electrons. The van der Waals surface area contributed by atoms with Crippen LogP contribution in [0.1, 0.15) is 40.5 Å². The summed E-state index contributed by atoms with van der Waals surface area (Å²) in [6.45, 7) is 8.43. The molecule has 0 aliphatic carbocycles. The van der Waals surface area contributed by atoms with Gasteiger partial charge in [0.25, 0.3) is 0 Å². The second kappa shape index (κ2) is 6.86. The van der Waals surface area contributed by atoms with E-state index >= 15 is 0 Å². The van der Waals surface area contributed by atoms with Gasteiger partial charge in [0.05, 0.1) is 0 Å². The first-order valence-corrected chi connectivity index (χ1v) is 5.87. The zero-order chi connectivity index (χ0) is 12.8. The molecule has 0 saturated heterocycles. The lowest BCUT2D eigenvalue weighted by atomic mass is 9.93. The quantitative estimate of drug-likeness (QED) is 0.670. The van der Waals surface area contributed by atoms with Crippen molar-refractivity contribution in [2.75, 3.05) is 13.7 Å². The molecule has 16 heavy (non-hydrogen) atoms. The molecule has 0 heterocycles. The third-order valence-corrected chi connectivity index (χ3v) is 3.03. The third kappa shape index (κ3) is 4.49. The van der Waals surface area contributed by atoms with E-state index in [1.54, 1.807) is 14.0 Å². The van der Waals surface area contributed by atoms with E-state index in [-0.39, 0.29) is 6.04 Å². The Hall–Kier alpha value is -0.610. The number of ether oxygens (including phenoxy) is 1. The fraction of sp³-hybridized carbons (Fsp3) is 0.917. The number of methoxy groups -OCH3 is 1. The minimum atomic E-state index is -0.902. The molecule has 4 heteroatoms.